The van der Waals surface area contributed by atoms with Crippen molar-refractivity contribution in [2.45, 2.75) is 6.92 Å². The van der Waals surface area contributed by atoms with E-state index in [4.69, 9.17) is 11.6 Å². The van der Waals surface area contributed by atoms with Crippen molar-refractivity contribution in [2.75, 3.05) is 5.32 Å². The van der Waals surface area contributed by atoms with Gasteiger partial charge in [-0.05, 0) is 48.4 Å². The van der Waals surface area contributed by atoms with Gasteiger partial charge in [0.1, 0.15) is 0 Å². The number of rotatable bonds is 4. The minimum absolute atomic E-state index is 0.239. The topological polar surface area (TPSA) is 54.9 Å². The summed E-state index contributed by atoms with van der Waals surface area (Å²) in [6.45, 7) is 1.97. The summed E-state index contributed by atoms with van der Waals surface area (Å²) in [4.78, 5) is 20.7. The standard InChI is InChI=1S/C20H16ClN3O/c1-14(19-13-22-9-10-23-19)11-15-5-4-6-16(12-15)24-20(25)17-7-2-3-8-18(17)21/h2-13H,1H3,(H,24,25). The molecule has 0 saturated heterocycles. The lowest BCUT2D eigenvalue weighted by atomic mass is 10.1. The van der Waals surface area contributed by atoms with E-state index in [1.807, 2.05) is 37.3 Å². The highest BCUT2D eigenvalue weighted by Gasteiger charge is 2.09. The number of carbonyl (C=O) groups is 1. The molecule has 1 amide bonds. The van der Waals surface area contributed by atoms with Crippen LogP contribution in [0.2, 0.25) is 5.02 Å². The molecule has 0 saturated carbocycles. The van der Waals surface area contributed by atoms with Crippen molar-refractivity contribution in [2.24, 2.45) is 0 Å². The van der Waals surface area contributed by atoms with Crippen molar-refractivity contribution in [1.29, 1.82) is 0 Å². The van der Waals surface area contributed by atoms with Crippen LogP contribution in [0, 0.1) is 0 Å². The fourth-order valence-electron chi connectivity index (χ4n) is 2.38. The van der Waals surface area contributed by atoms with E-state index in [0.29, 0.717) is 16.3 Å². The molecule has 5 heteroatoms. The Kier molecular flexibility index (Phi) is 5.21. The summed E-state index contributed by atoms with van der Waals surface area (Å²) in [6, 6.07) is 14.5. The van der Waals surface area contributed by atoms with E-state index >= 15 is 0 Å². The molecule has 1 N–H and O–H groups in total. The van der Waals surface area contributed by atoms with Gasteiger partial charge in [0, 0.05) is 18.1 Å². The first kappa shape index (κ1) is 16.9. The lowest BCUT2D eigenvalue weighted by Gasteiger charge is -2.08. The highest BCUT2D eigenvalue weighted by Crippen LogP contribution is 2.20. The normalized spacial score (nSPS) is 11.2. The second-order valence-electron chi connectivity index (χ2n) is 5.48. The molecule has 0 fully saturated rings. The fraction of sp³-hybridized carbons (Fsp3) is 0.0500. The number of carbonyl (C=O) groups excluding carboxylic acids is 1. The van der Waals surface area contributed by atoms with Gasteiger partial charge < -0.3 is 5.32 Å². The van der Waals surface area contributed by atoms with Crippen LogP contribution in [-0.2, 0) is 0 Å². The summed E-state index contributed by atoms with van der Waals surface area (Å²) >= 11 is 6.07. The average molecular weight is 350 g/mol. The van der Waals surface area contributed by atoms with Crippen LogP contribution in [0.5, 0.6) is 0 Å². The maximum Gasteiger partial charge on any atom is 0.257 e. The number of aromatic nitrogens is 2. The third-order valence-electron chi connectivity index (χ3n) is 3.61. The van der Waals surface area contributed by atoms with E-state index < -0.39 is 0 Å². The van der Waals surface area contributed by atoms with Crippen LogP contribution >= 0.6 is 11.6 Å². The smallest absolute Gasteiger partial charge is 0.257 e. The molecule has 0 aliphatic carbocycles. The van der Waals surface area contributed by atoms with Crippen LogP contribution in [0.1, 0.15) is 28.5 Å². The molecule has 3 aromatic rings. The molecule has 25 heavy (non-hydrogen) atoms. The average Bonchev–Trinajstić information content (AvgIpc) is 2.63. The van der Waals surface area contributed by atoms with Gasteiger partial charge in [-0.2, -0.15) is 0 Å². The first-order valence-electron chi connectivity index (χ1n) is 7.74. The summed E-state index contributed by atoms with van der Waals surface area (Å²) in [5.74, 6) is -0.239. The van der Waals surface area contributed by atoms with Gasteiger partial charge in [-0.3, -0.25) is 14.8 Å². The van der Waals surface area contributed by atoms with Crippen molar-refractivity contribution in [3.63, 3.8) is 0 Å². The zero-order valence-corrected chi connectivity index (χ0v) is 14.4. The van der Waals surface area contributed by atoms with Crippen LogP contribution in [0.15, 0.2) is 67.1 Å². The van der Waals surface area contributed by atoms with Crippen LogP contribution in [-0.4, -0.2) is 15.9 Å². The number of halogens is 1. The Hall–Kier alpha value is -2.98. The van der Waals surface area contributed by atoms with E-state index in [1.54, 1.807) is 42.9 Å². The molecule has 3 rings (SSSR count). The number of anilines is 1. The fourth-order valence-corrected chi connectivity index (χ4v) is 2.60. The molecule has 0 radical (unpaired) electrons. The minimum atomic E-state index is -0.239. The Morgan fingerprint density at radius 3 is 2.72 bits per heavy atom. The third-order valence-corrected chi connectivity index (χ3v) is 3.94. The molecule has 124 valence electrons. The second kappa shape index (κ2) is 7.73. The molecule has 1 heterocycles. The van der Waals surface area contributed by atoms with E-state index in [9.17, 15) is 4.79 Å². The summed E-state index contributed by atoms with van der Waals surface area (Å²) in [5, 5.41) is 3.30. The second-order valence-corrected chi connectivity index (χ2v) is 5.88. The van der Waals surface area contributed by atoms with Crippen molar-refractivity contribution in [3.05, 3.63) is 89.0 Å². The predicted molar refractivity (Wildman–Crippen MR) is 101 cm³/mol. The van der Waals surface area contributed by atoms with Crippen molar-refractivity contribution in [1.82, 2.24) is 9.97 Å². The quantitative estimate of drug-likeness (QED) is 0.725. The SMILES string of the molecule is CC(=Cc1cccc(NC(=O)c2ccccc2Cl)c1)c1cnccn1. The van der Waals surface area contributed by atoms with Crippen LogP contribution in [0.3, 0.4) is 0 Å². The van der Waals surface area contributed by atoms with Gasteiger partial charge in [-0.1, -0.05) is 35.9 Å². The highest BCUT2D eigenvalue weighted by atomic mass is 35.5. The Balaban J connectivity index is 1.80. The molecule has 0 unspecified atom stereocenters. The Labute approximate surface area is 151 Å². The number of nitrogens with one attached hydrogen (secondary N) is 1. The van der Waals surface area contributed by atoms with Crippen LogP contribution < -0.4 is 5.32 Å². The maximum atomic E-state index is 12.4. The lowest BCUT2D eigenvalue weighted by molar-refractivity contribution is 0.102. The van der Waals surface area contributed by atoms with Gasteiger partial charge in [0.2, 0.25) is 0 Å². The molecule has 4 nitrogen and oxygen atoms in total. The number of amides is 1. The first-order chi connectivity index (χ1) is 12.1. The lowest BCUT2D eigenvalue weighted by Crippen LogP contribution is -2.12. The van der Waals surface area contributed by atoms with E-state index in [0.717, 1.165) is 16.8 Å². The van der Waals surface area contributed by atoms with Crippen molar-refractivity contribution < 1.29 is 4.79 Å². The number of hydrogen-bond acceptors (Lipinski definition) is 3. The van der Waals surface area contributed by atoms with Crippen LogP contribution in [0.25, 0.3) is 11.6 Å². The minimum Gasteiger partial charge on any atom is -0.322 e. The largest absolute Gasteiger partial charge is 0.322 e. The van der Waals surface area contributed by atoms with E-state index in [2.05, 4.69) is 15.3 Å². The summed E-state index contributed by atoms with van der Waals surface area (Å²) in [7, 11) is 0. The Morgan fingerprint density at radius 1 is 1.12 bits per heavy atom. The molecule has 0 aliphatic rings. The number of hydrogen-bond donors (Lipinski definition) is 1. The number of allylic oxidation sites excluding steroid dienone is 1. The van der Waals surface area contributed by atoms with E-state index in [-0.39, 0.29) is 5.91 Å². The molecule has 2 aromatic carbocycles. The van der Waals surface area contributed by atoms with Gasteiger partial charge in [0.05, 0.1) is 22.5 Å². The summed E-state index contributed by atoms with van der Waals surface area (Å²) in [6.07, 6.45) is 7.01. The van der Waals surface area contributed by atoms with Gasteiger partial charge >= 0.3 is 0 Å². The van der Waals surface area contributed by atoms with Crippen molar-refractivity contribution >= 4 is 34.8 Å². The van der Waals surface area contributed by atoms with Gasteiger partial charge in [-0.15, -0.1) is 0 Å². The number of nitrogens with zero attached hydrogens (tertiary/aromatic N) is 2. The highest BCUT2D eigenvalue weighted by molar-refractivity contribution is 6.34. The molecular formula is C20H16ClN3O. The monoisotopic (exact) mass is 349 g/mol. The predicted octanol–water partition coefficient (Wildman–Crippen LogP) is 4.94. The third kappa shape index (κ3) is 4.31. The summed E-state index contributed by atoms with van der Waals surface area (Å²) < 4.78 is 0. The molecular weight excluding hydrogens is 334 g/mol. The Morgan fingerprint density at radius 2 is 1.96 bits per heavy atom. The first-order valence-corrected chi connectivity index (χ1v) is 8.12. The van der Waals surface area contributed by atoms with Gasteiger partial charge in [0.15, 0.2) is 0 Å². The zero-order chi connectivity index (χ0) is 17.6. The van der Waals surface area contributed by atoms with Crippen LogP contribution in [0.4, 0.5) is 5.69 Å². The molecule has 0 aliphatic heterocycles. The molecule has 0 spiro atoms. The van der Waals surface area contributed by atoms with Crippen molar-refractivity contribution in [3.8, 4) is 0 Å². The molecule has 0 bridgehead atoms. The molecule has 0 atom stereocenters. The molecule has 1 aromatic heterocycles. The zero-order valence-electron chi connectivity index (χ0n) is 13.6. The maximum absolute atomic E-state index is 12.4. The van der Waals surface area contributed by atoms with Gasteiger partial charge in [-0.25, -0.2) is 0 Å². The summed E-state index contributed by atoms with van der Waals surface area (Å²) in [5.41, 5.74) is 3.90. The van der Waals surface area contributed by atoms with Gasteiger partial charge in [0.25, 0.3) is 5.91 Å². The Bertz CT molecular complexity index is 923. The number of benzene rings is 2. The van der Waals surface area contributed by atoms with E-state index in [1.165, 1.54) is 0 Å².